The molecule has 0 aromatic heterocycles. The zero-order valence-corrected chi connectivity index (χ0v) is 12.9. The van der Waals surface area contributed by atoms with E-state index < -0.39 is 0 Å². The van der Waals surface area contributed by atoms with Crippen molar-refractivity contribution in [2.45, 2.75) is 32.2 Å². The number of anilines is 1. The normalized spacial score (nSPS) is 17.0. The molecule has 2 aromatic rings. The maximum atomic E-state index is 5.87. The maximum Gasteiger partial charge on any atom is 0.124 e. The number of hydrogen-bond acceptors (Lipinski definition) is 2. The van der Waals surface area contributed by atoms with E-state index in [0.717, 1.165) is 25.3 Å². The van der Waals surface area contributed by atoms with E-state index in [-0.39, 0.29) is 0 Å². The van der Waals surface area contributed by atoms with Crippen LogP contribution in [0.5, 0.6) is 5.75 Å². The lowest BCUT2D eigenvalue weighted by Crippen LogP contribution is -2.18. The Kier molecular flexibility index (Phi) is 4.14. The van der Waals surface area contributed by atoms with Crippen LogP contribution in [-0.4, -0.2) is 13.7 Å². The lowest BCUT2D eigenvalue weighted by molar-refractivity contribution is 0.265. The van der Waals surface area contributed by atoms with Crippen molar-refractivity contribution >= 4 is 5.69 Å². The first-order valence-electron chi connectivity index (χ1n) is 7.79. The van der Waals surface area contributed by atoms with Gasteiger partial charge in [0.1, 0.15) is 5.75 Å². The topological polar surface area (TPSA) is 12.5 Å². The van der Waals surface area contributed by atoms with Crippen molar-refractivity contribution in [3.63, 3.8) is 0 Å². The Morgan fingerprint density at radius 3 is 2.71 bits per heavy atom. The number of rotatable bonds is 4. The molecule has 110 valence electrons. The summed E-state index contributed by atoms with van der Waals surface area (Å²) in [4.78, 5) is 2.27. The molecule has 1 aliphatic rings. The van der Waals surface area contributed by atoms with Gasteiger partial charge >= 0.3 is 0 Å². The molecule has 0 aliphatic carbocycles. The van der Waals surface area contributed by atoms with Gasteiger partial charge < -0.3 is 9.64 Å². The second-order valence-corrected chi connectivity index (χ2v) is 5.81. The van der Waals surface area contributed by atoms with Crippen LogP contribution in [0.15, 0.2) is 48.5 Å². The summed E-state index contributed by atoms with van der Waals surface area (Å²) in [6.45, 7) is 4.02. The van der Waals surface area contributed by atoms with Crippen molar-refractivity contribution in [2.75, 3.05) is 18.6 Å². The van der Waals surface area contributed by atoms with Crippen LogP contribution in [0.4, 0.5) is 5.69 Å². The van der Waals surface area contributed by atoms with Gasteiger partial charge in [0.2, 0.25) is 0 Å². The van der Waals surface area contributed by atoms with Crippen LogP contribution in [0.2, 0.25) is 0 Å². The van der Waals surface area contributed by atoms with Gasteiger partial charge in [0, 0.05) is 25.3 Å². The summed E-state index contributed by atoms with van der Waals surface area (Å²) < 4.78 is 5.87. The Balaban J connectivity index is 1.80. The van der Waals surface area contributed by atoms with Crippen LogP contribution < -0.4 is 9.64 Å². The van der Waals surface area contributed by atoms with E-state index in [1.807, 2.05) is 0 Å². The van der Waals surface area contributed by atoms with Crippen molar-refractivity contribution in [1.82, 2.24) is 0 Å². The number of ether oxygens (including phenoxy) is 1. The monoisotopic (exact) mass is 281 g/mol. The van der Waals surface area contributed by atoms with Crippen LogP contribution >= 0.6 is 0 Å². The minimum absolute atomic E-state index is 0.655. The van der Waals surface area contributed by atoms with Gasteiger partial charge in [-0.3, -0.25) is 0 Å². The molecule has 0 N–H and O–H groups in total. The molecule has 0 radical (unpaired) electrons. The molecule has 0 fully saturated rings. The van der Waals surface area contributed by atoms with Crippen molar-refractivity contribution in [3.8, 4) is 5.75 Å². The molecule has 2 heteroatoms. The molecule has 3 rings (SSSR count). The van der Waals surface area contributed by atoms with Gasteiger partial charge in [0.15, 0.2) is 0 Å². The van der Waals surface area contributed by atoms with E-state index in [1.54, 1.807) is 0 Å². The van der Waals surface area contributed by atoms with E-state index in [2.05, 4.69) is 67.4 Å². The van der Waals surface area contributed by atoms with Gasteiger partial charge in [0.25, 0.3) is 0 Å². The molecule has 0 saturated carbocycles. The zero-order valence-electron chi connectivity index (χ0n) is 12.9. The lowest BCUT2D eigenvalue weighted by Gasteiger charge is -2.27. The largest absolute Gasteiger partial charge is 0.493 e. The fourth-order valence-corrected chi connectivity index (χ4v) is 3.06. The molecule has 1 heterocycles. The van der Waals surface area contributed by atoms with Gasteiger partial charge in [0.05, 0.1) is 6.61 Å². The van der Waals surface area contributed by atoms with Gasteiger partial charge in [-0.2, -0.15) is 0 Å². The number of fused-ring (bicyclic) bond motifs is 1. The SMILES string of the molecule is CCC1CCOc2cc(N(C)Cc3ccccc3)ccc21. The fraction of sp³-hybridized carbons (Fsp3) is 0.368. The Labute approximate surface area is 127 Å². The molecular formula is C19H23NO. The summed E-state index contributed by atoms with van der Waals surface area (Å²) in [6.07, 6.45) is 2.33. The summed E-state index contributed by atoms with van der Waals surface area (Å²) >= 11 is 0. The van der Waals surface area contributed by atoms with Crippen molar-refractivity contribution in [1.29, 1.82) is 0 Å². The van der Waals surface area contributed by atoms with Gasteiger partial charge in [-0.15, -0.1) is 0 Å². The predicted octanol–water partition coefficient (Wildman–Crippen LogP) is 4.60. The predicted molar refractivity (Wildman–Crippen MR) is 88.1 cm³/mol. The molecule has 0 spiro atoms. The van der Waals surface area contributed by atoms with Crippen LogP contribution in [-0.2, 0) is 6.54 Å². The molecule has 1 unspecified atom stereocenters. The molecule has 0 amide bonds. The van der Waals surface area contributed by atoms with Gasteiger partial charge in [-0.25, -0.2) is 0 Å². The number of nitrogens with zero attached hydrogens (tertiary/aromatic N) is 1. The second kappa shape index (κ2) is 6.21. The summed E-state index contributed by atoms with van der Waals surface area (Å²) in [7, 11) is 2.13. The minimum atomic E-state index is 0.655. The van der Waals surface area contributed by atoms with Crippen molar-refractivity contribution in [2.24, 2.45) is 0 Å². The third-order valence-electron chi connectivity index (χ3n) is 4.36. The molecule has 21 heavy (non-hydrogen) atoms. The summed E-state index contributed by atoms with van der Waals surface area (Å²) in [6, 6.07) is 17.2. The third kappa shape index (κ3) is 3.05. The van der Waals surface area contributed by atoms with E-state index in [0.29, 0.717) is 5.92 Å². The first-order chi connectivity index (χ1) is 10.3. The average molecular weight is 281 g/mol. The minimum Gasteiger partial charge on any atom is -0.493 e. The molecule has 0 bridgehead atoms. The molecule has 0 saturated heterocycles. The summed E-state index contributed by atoms with van der Waals surface area (Å²) in [5.74, 6) is 1.73. The molecular weight excluding hydrogens is 258 g/mol. The van der Waals surface area contributed by atoms with Gasteiger partial charge in [-0.05, 0) is 36.0 Å². The standard InChI is InChI=1S/C19H23NO/c1-3-16-11-12-21-19-13-17(9-10-18(16)19)20(2)14-15-7-5-4-6-8-15/h4-10,13,16H,3,11-12,14H2,1-2H3. The van der Waals surface area contributed by atoms with E-state index >= 15 is 0 Å². The highest BCUT2D eigenvalue weighted by atomic mass is 16.5. The Morgan fingerprint density at radius 1 is 1.14 bits per heavy atom. The van der Waals surface area contributed by atoms with Gasteiger partial charge in [-0.1, -0.05) is 43.3 Å². The highest BCUT2D eigenvalue weighted by Gasteiger charge is 2.20. The van der Waals surface area contributed by atoms with Crippen LogP contribution in [0, 0.1) is 0 Å². The lowest BCUT2D eigenvalue weighted by atomic mass is 9.91. The summed E-state index contributed by atoms with van der Waals surface area (Å²) in [5.41, 5.74) is 3.92. The Morgan fingerprint density at radius 2 is 1.95 bits per heavy atom. The third-order valence-corrected chi connectivity index (χ3v) is 4.36. The summed E-state index contributed by atoms with van der Waals surface area (Å²) in [5, 5.41) is 0. The van der Waals surface area contributed by atoms with Crippen LogP contribution in [0.25, 0.3) is 0 Å². The van der Waals surface area contributed by atoms with Crippen molar-refractivity contribution in [3.05, 3.63) is 59.7 Å². The molecule has 1 atom stereocenters. The second-order valence-electron chi connectivity index (χ2n) is 5.81. The maximum absolute atomic E-state index is 5.87. The fourth-order valence-electron chi connectivity index (χ4n) is 3.06. The first kappa shape index (κ1) is 14.0. The quantitative estimate of drug-likeness (QED) is 0.812. The molecule has 1 aliphatic heterocycles. The average Bonchev–Trinajstić information content (AvgIpc) is 2.54. The molecule has 2 nitrogen and oxygen atoms in total. The smallest absolute Gasteiger partial charge is 0.124 e. The molecule has 2 aromatic carbocycles. The number of hydrogen-bond donors (Lipinski definition) is 0. The van der Waals surface area contributed by atoms with E-state index in [9.17, 15) is 0 Å². The van der Waals surface area contributed by atoms with Crippen LogP contribution in [0.1, 0.15) is 36.8 Å². The Bertz CT molecular complexity index is 594. The highest BCUT2D eigenvalue weighted by molar-refractivity contribution is 5.55. The van der Waals surface area contributed by atoms with E-state index in [4.69, 9.17) is 4.74 Å². The Hall–Kier alpha value is -1.96. The highest BCUT2D eigenvalue weighted by Crippen LogP contribution is 2.37. The zero-order chi connectivity index (χ0) is 14.7. The first-order valence-corrected chi connectivity index (χ1v) is 7.79. The van der Waals surface area contributed by atoms with Crippen molar-refractivity contribution < 1.29 is 4.74 Å². The van der Waals surface area contributed by atoms with E-state index in [1.165, 1.54) is 23.2 Å². The van der Waals surface area contributed by atoms with Crippen LogP contribution in [0.3, 0.4) is 0 Å². The number of benzene rings is 2.